The third kappa shape index (κ3) is 4.18. The molecule has 0 saturated carbocycles. The van der Waals surface area contributed by atoms with Crippen molar-refractivity contribution in [2.45, 2.75) is 31.5 Å². The Morgan fingerprint density at radius 3 is 2.48 bits per heavy atom. The molecular weight excluding hydrogens is 326 g/mol. The van der Waals surface area contributed by atoms with Crippen molar-refractivity contribution in [2.75, 3.05) is 5.32 Å². The molecule has 0 fully saturated rings. The molecule has 0 aliphatic rings. The van der Waals surface area contributed by atoms with Gasteiger partial charge in [0.25, 0.3) is 0 Å². The van der Waals surface area contributed by atoms with Crippen LogP contribution in [0.4, 0.5) is 5.69 Å². The number of amides is 1. The lowest BCUT2D eigenvalue weighted by Crippen LogP contribution is -2.01. The van der Waals surface area contributed by atoms with E-state index in [1.165, 1.54) is 22.3 Å². The second-order valence-corrected chi connectivity index (χ2v) is 6.49. The van der Waals surface area contributed by atoms with Crippen molar-refractivity contribution in [3.05, 3.63) is 53.6 Å². The Hall–Kier alpha value is -1.61. The Morgan fingerprint density at radius 1 is 1.19 bits per heavy atom. The smallest absolute Gasteiger partial charge is 0.211 e. The lowest BCUT2D eigenvalue weighted by atomic mass is 9.96. The number of rotatable bonds is 6. The predicted octanol–water partition coefficient (Wildman–Crippen LogP) is 4.95. The van der Waals surface area contributed by atoms with E-state index in [0.717, 1.165) is 18.5 Å². The molecule has 0 bridgehead atoms. The summed E-state index contributed by atoms with van der Waals surface area (Å²) in [5, 5.41) is 2.65. The van der Waals surface area contributed by atoms with E-state index in [0.29, 0.717) is 11.2 Å². The number of carbonyl (C=O) groups is 1. The summed E-state index contributed by atoms with van der Waals surface area (Å²) in [4.78, 5) is 11.0. The summed E-state index contributed by atoms with van der Waals surface area (Å²) in [5.41, 5.74) is 5.85. The zero-order valence-corrected chi connectivity index (χ0v) is 14.0. The van der Waals surface area contributed by atoms with E-state index in [1.54, 1.807) is 0 Å². The second kappa shape index (κ2) is 7.41. The van der Waals surface area contributed by atoms with Crippen LogP contribution in [0.3, 0.4) is 0 Å². The molecule has 0 spiro atoms. The van der Waals surface area contributed by atoms with E-state index >= 15 is 0 Å². The van der Waals surface area contributed by atoms with Gasteiger partial charge in [0.15, 0.2) is 0 Å². The van der Waals surface area contributed by atoms with Gasteiger partial charge in [0.1, 0.15) is 0 Å². The molecule has 0 radical (unpaired) electrons. The Balaban J connectivity index is 2.22. The van der Waals surface area contributed by atoms with E-state index in [2.05, 4.69) is 53.3 Å². The van der Waals surface area contributed by atoms with Gasteiger partial charge in [-0.3, -0.25) is 4.79 Å². The molecular formula is C18H20BrNO. The fourth-order valence-electron chi connectivity index (χ4n) is 2.39. The first-order valence-electron chi connectivity index (χ1n) is 7.18. The molecule has 0 aliphatic heterocycles. The Kier molecular flexibility index (Phi) is 5.57. The summed E-state index contributed by atoms with van der Waals surface area (Å²) in [7, 11) is 0. The molecule has 2 rings (SSSR count). The quantitative estimate of drug-likeness (QED) is 0.582. The molecule has 3 heteroatoms. The van der Waals surface area contributed by atoms with Crippen molar-refractivity contribution < 1.29 is 4.79 Å². The van der Waals surface area contributed by atoms with Crippen LogP contribution in [0.2, 0.25) is 0 Å². The molecule has 0 aromatic heterocycles. The largest absolute Gasteiger partial charge is 0.329 e. The molecule has 1 amide bonds. The molecule has 110 valence electrons. The zero-order chi connectivity index (χ0) is 15.2. The van der Waals surface area contributed by atoms with Gasteiger partial charge in [-0.05, 0) is 54.2 Å². The van der Waals surface area contributed by atoms with Crippen LogP contribution in [0.15, 0.2) is 42.5 Å². The number of carbonyl (C=O) groups excluding carboxylic acids is 1. The highest BCUT2D eigenvalue weighted by Crippen LogP contribution is 2.26. The van der Waals surface area contributed by atoms with E-state index in [1.807, 2.05) is 24.3 Å². The molecule has 2 aromatic carbocycles. The van der Waals surface area contributed by atoms with Crippen molar-refractivity contribution in [3.63, 3.8) is 0 Å². The molecule has 1 N–H and O–H groups in total. The summed E-state index contributed by atoms with van der Waals surface area (Å²) in [6.07, 6.45) is 2.88. The number of alkyl halides is 1. The van der Waals surface area contributed by atoms with Crippen molar-refractivity contribution in [1.82, 2.24) is 0 Å². The molecule has 2 nitrogen and oxygen atoms in total. The average Bonchev–Trinajstić information content (AvgIpc) is 2.49. The molecule has 0 heterocycles. The van der Waals surface area contributed by atoms with Gasteiger partial charge < -0.3 is 5.32 Å². The number of halogens is 1. The first kappa shape index (κ1) is 15.8. The van der Waals surface area contributed by atoms with E-state index in [-0.39, 0.29) is 0 Å². The first-order chi connectivity index (χ1) is 10.1. The summed E-state index contributed by atoms with van der Waals surface area (Å²) < 4.78 is 0. The molecule has 2 aromatic rings. The van der Waals surface area contributed by atoms with Crippen molar-refractivity contribution in [1.29, 1.82) is 0 Å². The molecule has 21 heavy (non-hydrogen) atoms. The second-order valence-electron chi connectivity index (χ2n) is 5.20. The topological polar surface area (TPSA) is 29.1 Å². The lowest BCUT2D eigenvalue weighted by molar-refractivity contribution is -0.105. The van der Waals surface area contributed by atoms with Crippen LogP contribution in [0.25, 0.3) is 11.1 Å². The maximum absolute atomic E-state index is 10.4. The molecule has 0 aliphatic carbocycles. The van der Waals surface area contributed by atoms with Gasteiger partial charge in [0, 0.05) is 10.5 Å². The minimum Gasteiger partial charge on any atom is -0.329 e. The van der Waals surface area contributed by atoms with Gasteiger partial charge in [-0.15, -0.1) is 0 Å². The number of nitrogens with one attached hydrogen (secondary N) is 1. The van der Waals surface area contributed by atoms with Crippen LogP contribution in [0.1, 0.15) is 24.5 Å². The van der Waals surface area contributed by atoms with E-state index in [9.17, 15) is 4.79 Å². The van der Waals surface area contributed by atoms with Gasteiger partial charge in [0.2, 0.25) is 6.41 Å². The Labute approximate surface area is 134 Å². The average molecular weight is 346 g/mol. The summed E-state index contributed by atoms with van der Waals surface area (Å²) in [6, 6.07) is 14.6. The van der Waals surface area contributed by atoms with Crippen LogP contribution < -0.4 is 5.32 Å². The summed E-state index contributed by atoms with van der Waals surface area (Å²) >= 11 is 3.69. The third-order valence-electron chi connectivity index (χ3n) is 3.61. The van der Waals surface area contributed by atoms with Gasteiger partial charge in [0.05, 0.1) is 0 Å². The number of hydrogen-bond donors (Lipinski definition) is 1. The Bertz CT molecular complexity index is 607. The number of benzene rings is 2. The number of aryl methyl sites for hydroxylation is 1. The van der Waals surface area contributed by atoms with Gasteiger partial charge in [-0.1, -0.05) is 53.2 Å². The summed E-state index contributed by atoms with van der Waals surface area (Å²) in [6.45, 7) is 4.33. The van der Waals surface area contributed by atoms with Crippen LogP contribution in [-0.4, -0.2) is 11.2 Å². The SMILES string of the molecule is CCC(Br)Cc1ccc(-c2ccc(NC=O)cc2)c(C)c1. The highest BCUT2D eigenvalue weighted by molar-refractivity contribution is 9.09. The normalized spacial score (nSPS) is 12.0. The number of hydrogen-bond acceptors (Lipinski definition) is 1. The highest BCUT2D eigenvalue weighted by atomic mass is 79.9. The van der Waals surface area contributed by atoms with Crippen LogP contribution in [0.5, 0.6) is 0 Å². The molecule has 1 atom stereocenters. The lowest BCUT2D eigenvalue weighted by Gasteiger charge is -2.11. The Morgan fingerprint density at radius 2 is 1.90 bits per heavy atom. The highest BCUT2D eigenvalue weighted by Gasteiger charge is 2.06. The van der Waals surface area contributed by atoms with Gasteiger partial charge in [-0.2, -0.15) is 0 Å². The summed E-state index contributed by atoms with van der Waals surface area (Å²) in [5.74, 6) is 0. The standard InChI is InChI=1S/C18H20BrNO/c1-3-16(19)11-14-4-9-18(13(2)10-14)15-5-7-17(8-6-15)20-12-21/h4-10,12,16H,3,11H2,1-2H3,(H,20,21). The number of anilines is 1. The van der Waals surface area contributed by atoms with Gasteiger partial charge in [-0.25, -0.2) is 0 Å². The minimum atomic E-state index is 0.538. The van der Waals surface area contributed by atoms with Crippen molar-refractivity contribution >= 4 is 28.0 Å². The van der Waals surface area contributed by atoms with E-state index in [4.69, 9.17) is 0 Å². The zero-order valence-electron chi connectivity index (χ0n) is 12.4. The maximum Gasteiger partial charge on any atom is 0.211 e. The predicted molar refractivity (Wildman–Crippen MR) is 93.0 cm³/mol. The van der Waals surface area contributed by atoms with Crippen LogP contribution in [-0.2, 0) is 11.2 Å². The fraction of sp³-hybridized carbons (Fsp3) is 0.278. The van der Waals surface area contributed by atoms with Gasteiger partial charge >= 0.3 is 0 Å². The third-order valence-corrected chi connectivity index (χ3v) is 4.58. The minimum absolute atomic E-state index is 0.538. The van der Waals surface area contributed by atoms with Crippen LogP contribution >= 0.6 is 15.9 Å². The fourth-order valence-corrected chi connectivity index (χ4v) is 2.76. The monoisotopic (exact) mass is 345 g/mol. The van der Waals surface area contributed by atoms with Crippen molar-refractivity contribution in [3.8, 4) is 11.1 Å². The van der Waals surface area contributed by atoms with Crippen LogP contribution in [0, 0.1) is 6.92 Å². The first-order valence-corrected chi connectivity index (χ1v) is 8.09. The molecule has 1 unspecified atom stereocenters. The molecule has 0 saturated heterocycles. The maximum atomic E-state index is 10.4. The van der Waals surface area contributed by atoms with Crippen molar-refractivity contribution in [2.24, 2.45) is 0 Å². The van der Waals surface area contributed by atoms with E-state index < -0.39 is 0 Å².